The maximum absolute atomic E-state index is 13.1. The lowest BCUT2D eigenvalue weighted by atomic mass is 10.0. The second-order valence-electron chi connectivity index (χ2n) is 6.02. The highest BCUT2D eigenvalue weighted by atomic mass is 32.2. The van der Waals surface area contributed by atoms with Gasteiger partial charge in [0.15, 0.2) is 10.8 Å². The van der Waals surface area contributed by atoms with Crippen molar-refractivity contribution in [3.63, 3.8) is 0 Å². The average molecular weight is 342 g/mol. The molecule has 0 saturated carbocycles. The van der Waals surface area contributed by atoms with Crippen LogP contribution in [0.5, 0.6) is 0 Å². The van der Waals surface area contributed by atoms with E-state index in [4.69, 9.17) is 0 Å². The van der Waals surface area contributed by atoms with Crippen LogP contribution in [0.3, 0.4) is 0 Å². The summed E-state index contributed by atoms with van der Waals surface area (Å²) >= 11 is 1.45. The SMILES string of the molecule is CSc1nc2c(c(=O)n1-c1ccc3c(ncn3C)n1)CC(C)NC2. The summed E-state index contributed by atoms with van der Waals surface area (Å²) in [5, 5.41) is 4.01. The van der Waals surface area contributed by atoms with Gasteiger partial charge in [-0.25, -0.2) is 19.5 Å². The summed E-state index contributed by atoms with van der Waals surface area (Å²) in [6, 6.07) is 4.06. The fourth-order valence-electron chi connectivity index (χ4n) is 3.05. The molecule has 7 nitrogen and oxygen atoms in total. The number of aryl methyl sites for hydroxylation is 1. The Morgan fingerprint density at radius 2 is 2.17 bits per heavy atom. The van der Waals surface area contributed by atoms with Crippen LogP contribution in [0, 0.1) is 0 Å². The highest BCUT2D eigenvalue weighted by Crippen LogP contribution is 2.20. The number of rotatable bonds is 2. The first kappa shape index (κ1) is 15.3. The molecule has 4 heterocycles. The number of fused-ring (bicyclic) bond motifs is 2. The van der Waals surface area contributed by atoms with Gasteiger partial charge in [0, 0.05) is 25.2 Å². The van der Waals surface area contributed by atoms with Crippen LogP contribution >= 0.6 is 11.8 Å². The third-order valence-electron chi connectivity index (χ3n) is 4.34. The Morgan fingerprint density at radius 1 is 1.33 bits per heavy atom. The number of nitrogens with one attached hydrogen (secondary N) is 1. The number of pyridine rings is 1. The molecule has 0 saturated heterocycles. The monoisotopic (exact) mass is 342 g/mol. The Kier molecular flexibility index (Phi) is 3.65. The van der Waals surface area contributed by atoms with E-state index in [9.17, 15) is 4.79 Å². The second kappa shape index (κ2) is 5.71. The van der Waals surface area contributed by atoms with E-state index in [2.05, 4.69) is 27.2 Å². The quantitative estimate of drug-likeness (QED) is 0.558. The summed E-state index contributed by atoms with van der Waals surface area (Å²) in [7, 11) is 1.92. The molecule has 24 heavy (non-hydrogen) atoms. The fourth-order valence-corrected chi connectivity index (χ4v) is 3.61. The first-order valence-electron chi connectivity index (χ1n) is 7.79. The van der Waals surface area contributed by atoms with Crippen LogP contribution in [-0.4, -0.2) is 36.4 Å². The fraction of sp³-hybridized carbons (Fsp3) is 0.375. The minimum Gasteiger partial charge on any atom is -0.332 e. The molecular weight excluding hydrogens is 324 g/mol. The largest absolute Gasteiger partial charge is 0.332 e. The van der Waals surface area contributed by atoms with Crippen LogP contribution in [0.25, 0.3) is 17.0 Å². The van der Waals surface area contributed by atoms with Gasteiger partial charge in [-0.1, -0.05) is 11.8 Å². The topological polar surface area (TPSA) is 77.6 Å². The Morgan fingerprint density at radius 3 is 2.96 bits per heavy atom. The van der Waals surface area contributed by atoms with E-state index < -0.39 is 0 Å². The van der Waals surface area contributed by atoms with E-state index in [1.54, 1.807) is 10.9 Å². The van der Waals surface area contributed by atoms with E-state index in [1.165, 1.54) is 11.8 Å². The lowest BCUT2D eigenvalue weighted by Gasteiger charge is -2.23. The molecule has 0 radical (unpaired) electrons. The summed E-state index contributed by atoms with van der Waals surface area (Å²) in [6.45, 7) is 2.71. The standard InChI is InChI=1S/C16H18N6OS/c1-9-6-10-11(7-17-9)19-16(24-3)22(15(10)23)13-5-4-12-14(20-13)18-8-21(12)2/h4-5,8-9,17H,6-7H2,1-3H3. The molecule has 0 amide bonds. The van der Waals surface area contributed by atoms with Gasteiger partial charge in [0.25, 0.3) is 5.56 Å². The predicted octanol–water partition coefficient (Wildman–Crippen LogP) is 1.27. The van der Waals surface area contributed by atoms with Crippen LogP contribution in [-0.2, 0) is 20.0 Å². The van der Waals surface area contributed by atoms with Crippen molar-refractivity contribution in [3.8, 4) is 5.82 Å². The van der Waals surface area contributed by atoms with Crippen molar-refractivity contribution in [2.75, 3.05) is 6.26 Å². The van der Waals surface area contributed by atoms with Gasteiger partial charge in [0.1, 0.15) is 5.82 Å². The van der Waals surface area contributed by atoms with Gasteiger partial charge >= 0.3 is 0 Å². The molecule has 3 aromatic rings. The van der Waals surface area contributed by atoms with Crippen molar-refractivity contribution < 1.29 is 0 Å². The molecule has 1 aliphatic rings. The Bertz CT molecular complexity index is 992. The second-order valence-corrected chi connectivity index (χ2v) is 6.79. The molecule has 1 unspecified atom stereocenters. The van der Waals surface area contributed by atoms with Crippen LogP contribution in [0.1, 0.15) is 18.2 Å². The Labute approximate surface area is 143 Å². The molecule has 4 rings (SSSR count). The van der Waals surface area contributed by atoms with Crippen molar-refractivity contribution in [1.82, 2.24) is 29.4 Å². The third kappa shape index (κ3) is 2.33. The zero-order valence-corrected chi connectivity index (χ0v) is 14.6. The molecule has 0 bridgehead atoms. The normalized spacial score (nSPS) is 17.2. The Balaban J connectivity index is 1.95. The van der Waals surface area contributed by atoms with Crippen molar-refractivity contribution in [3.05, 3.63) is 40.1 Å². The van der Waals surface area contributed by atoms with Gasteiger partial charge in [0.05, 0.1) is 17.5 Å². The molecule has 124 valence electrons. The number of hydrogen-bond donors (Lipinski definition) is 1. The molecule has 3 aromatic heterocycles. The number of nitrogens with zero attached hydrogens (tertiary/aromatic N) is 5. The van der Waals surface area contributed by atoms with Crippen molar-refractivity contribution >= 4 is 22.9 Å². The van der Waals surface area contributed by atoms with Gasteiger partial charge in [-0.15, -0.1) is 0 Å². The van der Waals surface area contributed by atoms with E-state index in [0.29, 0.717) is 29.6 Å². The summed E-state index contributed by atoms with van der Waals surface area (Å²) < 4.78 is 3.51. The zero-order valence-electron chi connectivity index (χ0n) is 13.8. The van der Waals surface area contributed by atoms with E-state index in [-0.39, 0.29) is 11.6 Å². The molecule has 0 aliphatic carbocycles. The van der Waals surface area contributed by atoms with Crippen LogP contribution < -0.4 is 10.9 Å². The number of hydrogen-bond acceptors (Lipinski definition) is 6. The van der Waals surface area contributed by atoms with Gasteiger partial charge in [-0.3, -0.25) is 4.79 Å². The Hall–Kier alpha value is -2.19. The minimum absolute atomic E-state index is 0.0273. The first-order valence-corrected chi connectivity index (χ1v) is 9.01. The predicted molar refractivity (Wildman–Crippen MR) is 93.7 cm³/mol. The molecule has 1 N–H and O–H groups in total. The van der Waals surface area contributed by atoms with Crippen LogP contribution in [0.2, 0.25) is 0 Å². The molecule has 0 aromatic carbocycles. The molecular formula is C16H18N6OS. The lowest BCUT2D eigenvalue weighted by molar-refractivity contribution is 0.490. The number of aromatic nitrogens is 5. The smallest absolute Gasteiger partial charge is 0.263 e. The van der Waals surface area contributed by atoms with Crippen molar-refractivity contribution in [1.29, 1.82) is 0 Å². The zero-order chi connectivity index (χ0) is 16.8. The van der Waals surface area contributed by atoms with Gasteiger partial charge in [-0.2, -0.15) is 0 Å². The van der Waals surface area contributed by atoms with Gasteiger partial charge in [0.2, 0.25) is 0 Å². The first-order chi connectivity index (χ1) is 11.6. The summed E-state index contributed by atoms with van der Waals surface area (Å²) in [5.41, 5.74) is 3.16. The van der Waals surface area contributed by atoms with Gasteiger partial charge < -0.3 is 9.88 Å². The highest BCUT2D eigenvalue weighted by molar-refractivity contribution is 7.98. The summed E-state index contributed by atoms with van der Waals surface area (Å²) in [5.74, 6) is 0.567. The van der Waals surface area contributed by atoms with Gasteiger partial charge in [-0.05, 0) is 31.7 Å². The van der Waals surface area contributed by atoms with E-state index >= 15 is 0 Å². The van der Waals surface area contributed by atoms with Crippen LogP contribution in [0.4, 0.5) is 0 Å². The molecule has 1 atom stereocenters. The molecule has 8 heteroatoms. The summed E-state index contributed by atoms with van der Waals surface area (Å²) in [6.07, 6.45) is 4.32. The lowest BCUT2D eigenvalue weighted by Crippen LogP contribution is -2.39. The number of imidazole rings is 1. The third-order valence-corrected chi connectivity index (χ3v) is 4.98. The average Bonchev–Trinajstić information content (AvgIpc) is 2.95. The van der Waals surface area contributed by atoms with Crippen LogP contribution in [0.15, 0.2) is 28.4 Å². The molecule has 0 fully saturated rings. The minimum atomic E-state index is -0.0273. The number of thioether (sulfide) groups is 1. The molecule has 1 aliphatic heterocycles. The van der Waals surface area contributed by atoms with Crippen molar-refractivity contribution in [2.24, 2.45) is 7.05 Å². The van der Waals surface area contributed by atoms with E-state index in [1.807, 2.05) is 30.0 Å². The summed E-state index contributed by atoms with van der Waals surface area (Å²) in [4.78, 5) is 26.6. The van der Waals surface area contributed by atoms with Crippen molar-refractivity contribution in [2.45, 2.75) is 31.1 Å². The molecule has 0 spiro atoms. The highest BCUT2D eigenvalue weighted by Gasteiger charge is 2.23. The maximum Gasteiger partial charge on any atom is 0.263 e. The maximum atomic E-state index is 13.1. The van der Waals surface area contributed by atoms with E-state index in [0.717, 1.165) is 16.8 Å².